The van der Waals surface area contributed by atoms with Crippen LogP contribution in [0.4, 0.5) is 11.4 Å². The number of carbonyl (C=O) groups excluding carboxylic acids is 1. The maximum absolute atomic E-state index is 11.7. The van der Waals surface area contributed by atoms with Gasteiger partial charge >= 0.3 is 0 Å². The largest absolute Gasteiger partial charge is 0.458 e. The van der Waals surface area contributed by atoms with Crippen LogP contribution in [0.1, 0.15) is 16.3 Å². The highest BCUT2D eigenvalue weighted by Gasteiger charge is 2.06. The summed E-state index contributed by atoms with van der Waals surface area (Å²) in [5.74, 6) is 0.682. The van der Waals surface area contributed by atoms with Gasteiger partial charge in [-0.2, -0.15) is 0 Å². The molecule has 0 fully saturated rings. The highest BCUT2D eigenvalue weighted by molar-refractivity contribution is 6.02. The molecule has 0 saturated heterocycles. The number of aryl methyl sites for hydroxylation is 1. The van der Waals surface area contributed by atoms with Crippen molar-refractivity contribution in [1.29, 1.82) is 0 Å². The second kappa shape index (κ2) is 5.83. The van der Waals surface area contributed by atoms with E-state index in [1.165, 1.54) is 24.4 Å². The molecule has 0 aliphatic heterocycles. The molecule has 0 unspecified atom stereocenters. The molecule has 1 N–H and O–H groups in total. The smallest absolute Gasteiger partial charge is 0.269 e. The van der Waals surface area contributed by atoms with Crippen LogP contribution in [0.2, 0.25) is 0 Å². The third-order valence-electron chi connectivity index (χ3n) is 2.55. The van der Waals surface area contributed by atoms with Crippen LogP contribution in [0.5, 0.6) is 0 Å². The summed E-state index contributed by atoms with van der Waals surface area (Å²) < 4.78 is 5.19. The summed E-state index contributed by atoms with van der Waals surface area (Å²) in [6.07, 6.45) is 2.79. The molecule has 20 heavy (non-hydrogen) atoms. The van der Waals surface area contributed by atoms with Crippen LogP contribution in [0.3, 0.4) is 0 Å². The summed E-state index contributed by atoms with van der Waals surface area (Å²) in [5.41, 5.74) is 0.664. The van der Waals surface area contributed by atoms with Crippen molar-refractivity contribution in [3.05, 3.63) is 70.3 Å². The fourth-order valence-electron chi connectivity index (χ4n) is 1.54. The number of hydrogen-bond acceptors (Lipinski definition) is 5. The summed E-state index contributed by atoms with van der Waals surface area (Å²) in [5, 5.41) is 13.3. The van der Waals surface area contributed by atoms with Crippen molar-refractivity contribution >= 4 is 17.2 Å². The molecule has 1 heterocycles. The molecule has 0 atom stereocenters. The first-order valence-corrected chi connectivity index (χ1v) is 5.84. The average molecular weight is 272 g/mol. The first kappa shape index (κ1) is 13.5. The Kier molecular flexibility index (Phi) is 3.95. The number of nitro benzene ring substituents is 1. The Morgan fingerprint density at radius 3 is 2.50 bits per heavy atom. The zero-order valence-corrected chi connectivity index (χ0v) is 10.7. The number of nitrogens with zero attached hydrogens (tertiary/aromatic N) is 1. The van der Waals surface area contributed by atoms with E-state index >= 15 is 0 Å². The normalized spacial score (nSPS) is 10.7. The van der Waals surface area contributed by atoms with Crippen LogP contribution >= 0.6 is 0 Å². The number of anilines is 1. The number of hydrogen-bond donors (Lipinski definition) is 1. The van der Waals surface area contributed by atoms with Gasteiger partial charge in [-0.15, -0.1) is 0 Å². The van der Waals surface area contributed by atoms with E-state index in [0.717, 1.165) is 0 Å². The van der Waals surface area contributed by atoms with Crippen LogP contribution in [-0.4, -0.2) is 10.7 Å². The molecule has 2 rings (SSSR count). The molecule has 1 aromatic carbocycles. The van der Waals surface area contributed by atoms with Crippen molar-refractivity contribution in [3.63, 3.8) is 0 Å². The number of furan rings is 1. The van der Waals surface area contributed by atoms with Gasteiger partial charge in [-0.1, -0.05) is 0 Å². The Morgan fingerprint density at radius 1 is 1.25 bits per heavy atom. The van der Waals surface area contributed by atoms with Gasteiger partial charge in [0.05, 0.1) is 4.92 Å². The zero-order chi connectivity index (χ0) is 14.5. The fourth-order valence-corrected chi connectivity index (χ4v) is 1.54. The van der Waals surface area contributed by atoms with Crippen molar-refractivity contribution in [2.45, 2.75) is 6.92 Å². The SMILES string of the molecule is Cc1ccc(C(=O)/C=C/Nc2ccc([N+](=O)[O-])cc2)o1. The van der Waals surface area contributed by atoms with Gasteiger partial charge in [0.25, 0.3) is 5.69 Å². The van der Waals surface area contributed by atoms with E-state index in [0.29, 0.717) is 11.4 Å². The molecule has 0 aliphatic rings. The fraction of sp³-hybridized carbons (Fsp3) is 0.0714. The molecule has 2 aromatic rings. The van der Waals surface area contributed by atoms with Crippen LogP contribution in [0, 0.1) is 17.0 Å². The number of nitrogens with one attached hydrogen (secondary N) is 1. The maximum atomic E-state index is 11.7. The van der Waals surface area contributed by atoms with Gasteiger partial charge in [0.2, 0.25) is 5.78 Å². The van der Waals surface area contributed by atoms with E-state index in [1.54, 1.807) is 31.2 Å². The van der Waals surface area contributed by atoms with E-state index < -0.39 is 4.92 Å². The second-order valence-corrected chi connectivity index (χ2v) is 4.06. The summed E-state index contributed by atoms with van der Waals surface area (Å²) in [4.78, 5) is 21.7. The van der Waals surface area contributed by atoms with E-state index in [1.807, 2.05) is 0 Å². The predicted molar refractivity (Wildman–Crippen MR) is 73.6 cm³/mol. The average Bonchev–Trinajstić information content (AvgIpc) is 2.86. The summed E-state index contributed by atoms with van der Waals surface area (Å²) in [6.45, 7) is 1.76. The van der Waals surface area contributed by atoms with Gasteiger partial charge in [-0.25, -0.2) is 0 Å². The van der Waals surface area contributed by atoms with Crippen molar-refractivity contribution in [2.75, 3.05) is 5.32 Å². The van der Waals surface area contributed by atoms with E-state index in [2.05, 4.69) is 5.32 Å². The minimum atomic E-state index is -0.470. The Hall–Kier alpha value is -2.89. The van der Waals surface area contributed by atoms with Gasteiger partial charge < -0.3 is 9.73 Å². The molecule has 0 radical (unpaired) electrons. The zero-order valence-electron chi connectivity index (χ0n) is 10.7. The minimum absolute atomic E-state index is 0.0154. The molecule has 0 saturated carbocycles. The molecule has 0 amide bonds. The summed E-state index contributed by atoms with van der Waals surface area (Å²) >= 11 is 0. The van der Waals surface area contributed by atoms with E-state index in [-0.39, 0.29) is 17.2 Å². The minimum Gasteiger partial charge on any atom is -0.458 e. The monoisotopic (exact) mass is 272 g/mol. The standard InChI is InChI=1S/C14H12N2O4/c1-10-2-7-14(20-10)13(17)8-9-15-11-3-5-12(6-4-11)16(18)19/h2-9,15H,1H3/b9-8+. The molecule has 6 heteroatoms. The van der Waals surface area contributed by atoms with Crippen molar-refractivity contribution in [2.24, 2.45) is 0 Å². The number of allylic oxidation sites excluding steroid dienone is 1. The van der Waals surface area contributed by atoms with Gasteiger partial charge in [0.15, 0.2) is 5.76 Å². The van der Waals surface area contributed by atoms with Crippen LogP contribution < -0.4 is 5.32 Å². The van der Waals surface area contributed by atoms with Crippen LogP contribution in [0.15, 0.2) is 53.1 Å². The molecular formula is C14H12N2O4. The van der Waals surface area contributed by atoms with Gasteiger partial charge in [-0.3, -0.25) is 14.9 Å². The Morgan fingerprint density at radius 2 is 1.95 bits per heavy atom. The lowest BCUT2D eigenvalue weighted by Crippen LogP contribution is -1.94. The number of ketones is 1. The van der Waals surface area contributed by atoms with Gasteiger partial charge in [0, 0.05) is 30.1 Å². The Balaban J connectivity index is 1.96. The van der Waals surface area contributed by atoms with Gasteiger partial charge in [-0.05, 0) is 31.2 Å². The number of rotatable bonds is 5. The van der Waals surface area contributed by atoms with Crippen LogP contribution in [-0.2, 0) is 0 Å². The third kappa shape index (κ3) is 3.32. The number of non-ortho nitro benzene ring substituents is 1. The van der Waals surface area contributed by atoms with Crippen molar-refractivity contribution < 1.29 is 14.1 Å². The first-order valence-electron chi connectivity index (χ1n) is 5.84. The van der Waals surface area contributed by atoms with Crippen LogP contribution in [0.25, 0.3) is 0 Å². The Labute approximate surface area is 114 Å². The van der Waals surface area contributed by atoms with Gasteiger partial charge in [0.1, 0.15) is 5.76 Å². The molecule has 102 valence electrons. The number of carbonyl (C=O) groups is 1. The lowest BCUT2D eigenvalue weighted by molar-refractivity contribution is -0.384. The molecule has 6 nitrogen and oxygen atoms in total. The molecule has 1 aromatic heterocycles. The summed E-state index contributed by atoms with van der Waals surface area (Å²) in [6, 6.07) is 9.20. The highest BCUT2D eigenvalue weighted by atomic mass is 16.6. The van der Waals surface area contributed by atoms with E-state index in [9.17, 15) is 14.9 Å². The third-order valence-corrected chi connectivity index (χ3v) is 2.55. The second-order valence-electron chi connectivity index (χ2n) is 4.06. The molecule has 0 bridgehead atoms. The maximum Gasteiger partial charge on any atom is 0.269 e. The quantitative estimate of drug-likeness (QED) is 0.390. The van der Waals surface area contributed by atoms with Crippen molar-refractivity contribution in [1.82, 2.24) is 0 Å². The Bertz CT molecular complexity index is 656. The lowest BCUT2D eigenvalue weighted by atomic mass is 10.3. The number of benzene rings is 1. The first-order chi connectivity index (χ1) is 9.56. The topological polar surface area (TPSA) is 85.4 Å². The molecular weight excluding hydrogens is 260 g/mol. The lowest BCUT2D eigenvalue weighted by Gasteiger charge is -1.99. The van der Waals surface area contributed by atoms with Crippen molar-refractivity contribution in [3.8, 4) is 0 Å². The van der Waals surface area contributed by atoms with E-state index in [4.69, 9.17) is 4.42 Å². The summed E-state index contributed by atoms with van der Waals surface area (Å²) in [7, 11) is 0. The highest BCUT2D eigenvalue weighted by Crippen LogP contribution is 2.15. The molecule has 0 spiro atoms. The predicted octanol–water partition coefficient (Wildman–Crippen LogP) is 3.30. The number of nitro groups is 1. The molecule has 0 aliphatic carbocycles.